The van der Waals surface area contributed by atoms with E-state index in [0.717, 1.165) is 16.9 Å². The third-order valence-electron chi connectivity index (χ3n) is 18.3. The first-order valence-corrected chi connectivity index (χ1v) is 35.8. The number of benzene rings is 6. The lowest BCUT2D eigenvalue weighted by molar-refractivity contribution is -0.198. The Morgan fingerprint density at radius 2 is 0.530 bits per heavy atom. The number of hydrogen-bond donors (Lipinski definition) is 2. The summed E-state index contributed by atoms with van der Waals surface area (Å²) in [5, 5.41) is 17.9. The van der Waals surface area contributed by atoms with Crippen LogP contribution in [-0.4, -0.2) is 320 Å². The summed E-state index contributed by atoms with van der Waals surface area (Å²) in [5.41, 5.74) is 2.84. The number of cyclic esters (lactones) is 4. The van der Waals surface area contributed by atoms with E-state index in [0.29, 0.717) is 97.1 Å². The van der Waals surface area contributed by atoms with Gasteiger partial charge in [0, 0.05) is 123 Å². The number of carbonyl (C=O) groups is 16. The molecule has 13 rings (SSSR count). The summed E-state index contributed by atoms with van der Waals surface area (Å²) in [4.78, 5) is 211. The van der Waals surface area contributed by atoms with Crippen molar-refractivity contribution in [1.29, 1.82) is 0 Å². The van der Waals surface area contributed by atoms with Gasteiger partial charge < -0.3 is 72.2 Å². The van der Waals surface area contributed by atoms with E-state index in [1.807, 2.05) is 38.0 Å². The molecule has 6 aromatic carbocycles. The minimum absolute atomic E-state index is 0. The number of imide groups is 5. The standard InChI is InChI=1S/C33H38N4O12.C29H35N3O10.C14H4O6.CH4O.2CH4/c1-34(2)10-11-35-30(41)21-3-5-23-29-24(6-4-22(28(21)29)31(35)42)33(44)36(32(23)43)12-14-46-16-18-48-20-19-47-17-15-45-13-9-27(40)49-37-25(38)7-8-26(37)39;1-30(2)8-9-31-26(35)19-3-5-21-25-22(6-4-20(24(19)25)27(31)36)29(38)32(28(21)37)10-12-40-14-16-42-18-17-41-15-13-39-11-7-23(33)34;15-11-5-1-2-6-10-8(14(18)20-12(6)16)4-3-7(9(5)10)13(17)19-11;1-2;;/h3-6H,7-20H2,1-2H3;3-6H,7-18H2,1-2H3,(H,33,34);1-4H;2H,1H3;2*1H4. The number of aliphatic hydroxyl groups is 1. The third-order valence-corrected chi connectivity index (χ3v) is 18.3. The van der Waals surface area contributed by atoms with Crippen LogP contribution >= 0.6 is 0 Å². The topological polar surface area (TPSA) is 438 Å². The van der Waals surface area contributed by atoms with Crippen molar-refractivity contribution in [2.75, 3.05) is 180 Å². The molecule has 614 valence electrons. The highest BCUT2D eigenvalue weighted by Gasteiger charge is 2.43. The van der Waals surface area contributed by atoms with E-state index in [9.17, 15) is 76.7 Å². The number of esters is 4. The Morgan fingerprint density at radius 1 is 0.322 bits per heavy atom. The minimum Gasteiger partial charge on any atom is -0.481 e. The molecule has 1 saturated heterocycles. The van der Waals surface area contributed by atoms with Gasteiger partial charge >= 0.3 is 35.8 Å². The number of rotatable bonds is 37. The monoisotopic (exact) mass is 1600 g/mol. The lowest BCUT2D eigenvalue weighted by Gasteiger charge is -2.32. The Balaban J connectivity index is 0.000000226. The van der Waals surface area contributed by atoms with E-state index in [2.05, 4.69) is 9.47 Å². The maximum absolute atomic E-state index is 13.4. The molecular weight excluding hydrogens is 1510 g/mol. The van der Waals surface area contributed by atoms with Gasteiger partial charge in [0.1, 0.15) is 0 Å². The maximum Gasteiger partial charge on any atom is 0.346 e. The van der Waals surface area contributed by atoms with Crippen molar-refractivity contribution in [1.82, 2.24) is 34.5 Å². The van der Waals surface area contributed by atoms with Crippen molar-refractivity contribution >= 4 is 127 Å². The van der Waals surface area contributed by atoms with E-state index >= 15 is 0 Å². The smallest absolute Gasteiger partial charge is 0.346 e. The zero-order valence-corrected chi connectivity index (χ0v) is 62.4. The fourth-order valence-corrected chi connectivity index (χ4v) is 12.9. The molecule has 7 heterocycles. The predicted octanol–water partition coefficient (Wildman–Crippen LogP) is 4.13. The second-order valence-electron chi connectivity index (χ2n) is 26.1. The Hall–Kier alpha value is -11.4. The summed E-state index contributed by atoms with van der Waals surface area (Å²) in [5.74, 6) is -9.73. The van der Waals surface area contributed by atoms with E-state index in [1.165, 1.54) is 46.2 Å². The van der Waals surface area contributed by atoms with Gasteiger partial charge in [-0.15, -0.1) is 5.06 Å². The number of aliphatic hydroxyl groups excluding tert-OH is 1. The summed E-state index contributed by atoms with van der Waals surface area (Å²) in [7, 11) is 8.40. The molecule has 7 aliphatic heterocycles. The van der Waals surface area contributed by atoms with Crippen LogP contribution in [0.15, 0.2) is 72.8 Å². The van der Waals surface area contributed by atoms with Crippen molar-refractivity contribution < 1.29 is 139 Å². The first-order chi connectivity index (χ1) is 54.4. The number of nitrogens with zero attached hydrogens (tertiary/aromatic N) is 7. The fourth-order valence-electron chi connectivity index (χ4n) is 12.9. The molecule has 0 aliphatic carbocycles. The van der Waals surface area contributed by atoms with Crippen LogP contribution in [0.25, 0.3) is 32.3 Å². The van der Waals surface area contributed by atoms with Crippen LogP contribution in [0, 0.1) is 0 Å². The third kappa shape index (κ3) is 20.0. The van der Waals surface area contributed by atoms with E-state index in [1.54, 1.807) is 36.4 Å². The highest BCUT2D eigenvalue weighted by molar-refractivity contribution is 6.35. The Labute approximate surface area is 658 Å². The molecule has 0 saturated carbocycles. The lowest BCUT2D eigenvalue weighted by atomic mass is 9.86. The summed E-state index contributed by atoms with van der Waals surface area (Å²) in [6.07, 6.45) is -0.101. The average Bonchev–Trinajstić information content (AvgIpc) is 0.893. The van der Waals surface area contributed by atoms with Crippen LogP contribution in [0.5, 0.6) is 0 Å². The fraction of sp³-hybridized carbons (Fsp3) is 0.418. The molecule has 0 unspecified atom stereocenters. The average molecular weight is 1600 g/mol. The van der Waals surface area contributed by atoms with E-state index in [-0.39, 0.29) is 193 Å². The van der Waals surface area contributed by atoms with E-state index < -0.39 is 94.9 Å². The first kappa shape index (κ1) is 89.1. The van der Waals surface area contributed by atoms with Crippen LogP contribution < -0.4 is 0 Å². The molecule has 10 amide bonds. The predicted molar refractivity (Wildman–Crippen MR) is 402 cm³/mol. The molecule has 115 heavy (non-hydrogen) atoms. The molecule has 0 atom stereocenters. The minimum atomic E-state index is -0.910. The maximum atomic E-state index is 13.4. The molecule has 0 spiro atoms. The van der Waals surface area contributed by atoms with Gasteiger partial charge in [-0.05, 0) is 101 Å². The number of carbonyl (C=O) groups excluding carboxylic acids is 15. The summed E-state index contributed by atoms with van der Waals surface area (Å²) >= 11 is 0. The Morgan fingerprint density at radius 3 is 0.774 bits per heavy atom. The van der Waals surface area contributed by atoms with Gasteiger partial charge in [0.15, 0.2) is 0 Å². The van der Waals surface area contributed by atoms with Gasteiger partial charge in [-0.1, -0.05) is 14.9 Å². The lowest BCUT2D eigenvalue weighted by Crippen LogP contribution is -2.45. The number of likely N-dealkylation sites (N-methyl/N-ethyl adjacent to an activating group) is 2. The Kier molecular flexibility index (Phi) is 31.8. The van der Waals surface area contributed by atoms with Gasteiger partial charge in [0.05, 0.1) is 154 Å². The number of aliphatic carboxylic acids is 1. The first-order valence-electron chi connectivity index (χ1n) is 35.8. The molecule has 36 nitrogen and oxygen atoms in total. The summed E-state index contributed by atoms with van der Waals surface area (Å²) in [6, 6.07) is 17.9. The van der Waals surface area contributed by atoms with Crippen molar-refractivity contribution in [3.8, 4) is 0 Å². The SMILES string of the molecule is C.C.CN(C)CCN1C(=O)c2ccc3c4c(ccc(c24)C1=O)C(=O)N(CCOCCOCCOCCOCCC(=O)O)C3=O.CN(C)CCN1C(=O)c2ccc3c4c(ccc(c24)C1=O)C(=O)N(CCOCCOCCOCCOCCC(=O)ON1C(=O)CCC1=O)C3=O.CO.O=C1OC(=O)c2ccc3c4c(ccc1c24)C(=O)OC3=O. The molecule has 7 aliphatic rings. The van der Waals surface area contributed by atoms with Crippen LogP contribution in [-0.2, 0) is 71.4 Å². The highest BCUT2D eigenvalue weighted by atomic mass is 16.7. The summed E-state index contributed by atoms with van der Waals surface area (Å²) < 4.78 is 52.3. The second kappa shape index (κ2) is 41.0. The number of amides is 10. The molecule has 0 aromatic heterocycles. The van der Waals surface area contributed by atoms with Crippen molar-refractivity contribution in [3.05, 3.63) is 140 Å². The van der Waals surface area contributed by atoms with E-state index in [4.69, 9.17) is 52.9 Å². The molecule has 36 heteroatoms. The molecule has 0 bridgehead atoms. The van der Waals surface area contributed by atoms with Crippen molar-refractivity contribution in [2.24, 2.45) is 0 Å². The number of carboxylic acids is 1. The van der Waals surface area contributed by atoms with Crippen LogP contribution in [0.2, 0.25) is 0 Å². The van der Waals surface area contributed by atoms with Crippen molar-refractivity contribution in [2.45, 2.75) is 40.5 Å². The largest absolute Gasteiger partial charge is 0.481 e. The second-order valence-corrected chi connectivity index (χ2v) is 26.1. The normalized spacial score (nSPS) is 14.9. The zero-order chi connectivity index (χ0) is 81.3. The van der Waals surface area contributed by atoms with Gasteiger partial charge in [-0.2, -0.15) is 0 Å². The number of hydrogen-bond acceptors (Lipinski definition) is 30. The van der Waals surface area contributed by atoms with Gasteiger partial charge in [0.25, 0.3) is 59.1 Å². The van der Waals surface area contributed by atoms with Crippen LogP contribution in [0.4, 0.5) is 0 Å². The van der Waals surface area contributed by atoms with Gasteiger partial charge in [0.2, 0.25) is 0 Å². The highest BCUT2D eigenvalue weighted by Crippen LogP contribution is 2.41. The van der Waals surface area contributed by atoms with Crippen LogP contribution in [0.1, 0.15) is 165 Å². The molecular formula is C79H89N7O29. The molecule has 1 fully saturated rings. The van der Waals surface area contributed by atoms with Crippen LogP contribution in [0.3, 0.4) is 0 Å². The zero-order valence-electron chi connectivity index (χ0n) is 62.4. The molecule has 6 aromatic rings. The van der Waals surface area contributed by atoms with Gasteiger partial charge in [-0.25, -0.2) is 24.0 Å². The summed E-state index contributed by atoms with van der Waals surface area (Å²) in [6.45, 7) is 5.28. The number of hydroxylamine groups is 2. The quantitative estimate of drug-likeness (QED) is 0.0239. The molecule has 2 N–H and O–H groups in total. The van der Waals surface area contributed by atoms with Gasteiger partial charge in [-0.3, -0.25) is 72.3 Å². The Bertz CT molecular complexity index is 4530. The van der Waals surface area contributed by atoms with Crippen molar-refractivity contribution in [3.63, 3.8) is 0 Å². The molecule has 0 radical (unpaired) electrons. The number of ether oxygens (including phenoxy) is 10. The number of carboxylic acid groups (broad SMARTS) is 1.